The van der Waals surface area contributed by atoms with Gasteiger partial charge in [0.15, 0.2) is 17.4 Å². The van der Waals surface area contributed by atoms with Crippen LogP contribution in [0.2, 0.25) is 0 Å². The van der Waals surface area contributed by atoms with E-state index in [1.54, 1.807) is 12.1 Å². The Morgan fingerprint density at radius 3 is 2.32 bits per heavy atom. The lowest BCUT2D eigenvalue weighted by molar-refractivity contribution is -0.131. The molecule has 2 aromatic carbocycles. The van der Waals surface area contributed by atoms with Crippen molar-refractivity contribution in [3.05, 3.63) is 77.4 Å². The number of benzene rings is 2. The highest BCUT2D eigenvalue weighted by Crippen LogP contribution is 2.24. The van der Waals surface area contributed by atoms with Gasteiger partial charge in [0.1, 0.15) is 6.61 Å². The Balaban J connectivity index is 2.08. The smallest absolute Gasteiger partial charge is 0.327 e. The van der Waals surface area contributed by atoms with E-state index >= 15 is 0 Å². The molecule has 0 unspecified atom stereocenters. The highest BCUT2D eigenvalue weighted by molar-refractivity contribution is 5.79. The summed E-state index contributed by atoms with van der Waals surface area (Å²) in [5.41, 5.74) is 1.13. The van der Waals surface area contributed by atoms with Crippen molar-refractivity contribution >= 4 is 5.97 Å². The molecule has 1 N–H and O–H groups in total. The molecule has 2 rings (SSSR count). The average molecular weight is 304 g/mol. The quantitative estimate of drug-likeness (QED) is 0.827. The number of allylic oxidation sites excluding steroid dienone is 1. The first-order valence-corrected chi connectivity index (χ1v) is 6.60. The molecule has 0 fully saturated rings. The van der Waals surface area contributed by atoms with Crippen LogP contribution in [0.5, 0.6) is 5.75 Å². The summed E-state index contributed by atoms with van der Waals surface area (Å²) in [7, 11) is 0. The summed E-state index contributed by atoms with van der Waals surface area (Å²) in [6.45, 7) is 0.0624. The summed E-state index contributed by atoms with van der Waals surface area (Å²) in [5, 5.41) is 8.47. The molecule has 0 saturated carbocycles. The molecule has 3 nitrogen and oxygen atoms in total. The highest BCUT2D eigenvalue weighted by atomic mass is 19.1. The Morgan fingerprint density at radius 2 is 1.73 bits per heavy atom. The van der Waals surface area contributed by atoms with Crippen molar-refractivity contribution < 1.29 is 23.4 Å². The number of carboxylic acid groups (broad SMARTS) is 1. The van der Waals surface area contributed by atoms with E-state index in [2.05, 4.69) is 0 Å². The molecular weight excluding hydrogens is 290 g/mol. The molecule has 0 bridgehead atoms. The van der Waals surface area contributed by atoms with Crippen LogP contribution in [0.25, 0.3) is 0 Å². The molecule has 0 atom stereocenters. The highest BCUT2D eigenvalue weighted by Gasteiger charge is 2.12. The van der Waals surface area contributed by atoms with Crippen LogP contribution >= 0.6 is 0 Å². The normalized spacial score (nSPS) is 10.8. The topological polar surface area (TPSA) is 46.5 Å². The fourth-order valence-electron chi connectivity index (χ4n) is 1.89. The molecule has 114 valence electrons. The predicted molar refractivity (Wildman–Crippen MR) is 77.6 cm³/mol. The minimum Gasteiger partial charge on any atom is -0.483 e. The lowest BCUT2D eigenvalue weighted by Gasteiger charge is -2.09. The second-order valence-corrected chi connectivity index (χ2v) is 4.61. The van der Waals surface area contributed by atoms with Gasteiger partial charge in [-0.1, -0.05) is 36.4 Å². The van der Waals surface area contributed by atoms with Gasteiger partial charge in [-0.3, -0.25) is 0 Å². The van der Waals surface area contributed by atoms with Gasteiger partial charge < -0.3 is 9.84 Å². The molecular formula is C17H14F2O3. The first-order valence-electron chi connectivity index (χ1n) is 6.60. The molecule has 0 heterocycles. The Morgan fingerprint density at radius 1 is 1.09 bits per heavy atom. The minimum absolute atomic E-state index is 0.0624. The van der Waals surface area contributed by atoms with Gasteiger partial charge in [0.25, 0.3) is 0 Å². The maximum absolute atomic E-state index is 13.9. The summed E-state index contributed by atoms with van der Waals surface area (Å²) in [6.07, 6.45) is 2.37. The number of carboxylic acids is 1. The zero-order valence-electron chi connectivity index (χ0n) is 11.6. The minimum atomic E-state index is -1.11. The monoisotopic (exact) mass is 304 g/mol. The fourth-order valence-corrected chi connectivity index (χ4v) is 1.89. The Kier molecular flexibility index (Phi) is 5.25. The van der Waals surface area contributed by atoms with Crippen molar-refractivity contribution in [1.82, 2.24) is 0 Å². The van der Waals surface area contributed by atoms with Crippen molar-refractivity contribution in [2.75, 3.05) is 0 Å². The van der Waals surface area contributed by atoms with Crippen LogP contribution in [-0.2, 0) is 17.8 Å². The van der Waals surface area contributed by atoms with Crippen LogP contribution in [0.4, 0.5) is 8.78 Å². The fraction of sp³-hybridized carbons (Fsp3) is 0.118. The predicted octanol–water partition coefficient (Wildman–Crippen LogP) is 3.73. The van der Waals surface area contributed by atoms with Crippen LogP contribution < -0.4 is 4.74 Å². The molecule has 22 heavy (non-hydrogen) atoms. The van der Waals surface area contributed by atoms with E-state index in [9.17, 15) is 13.6 Å². The second kappa shape index (κ2) is 7.36. The summed E-state index contributed by atoms with van der Waals surface area (Å²) in [4.78, 5) is 10.3. The molecule has 0 radical (unpaired) electrons. The SMILES string of the molecule is O=C(O)/C=C/Cc1cc(F)c(OCc2ccccc2)c(F)c1. The van der Waals surface area contributed by atoms with Crippen molar-refractivity contribution in [1.29, 1.82) is 0 Å². The van der Waals surface area contributed by atoms with Gasteiger partial charge in [-0.25, -0.2) is 13.6 Å². The zero-order chi connectivity index (χ0) is 15.9. The number of ether oxygens (including phenoxy) is 1. The second-order valence-electron chi connectivity index (χ2n) is 4.61. The number of hydrogen-bond donors (Lipinski definition) is 1. The van der Waals surface area contributed by atoms with Crippen LogP contribution in [0.15, 0.2) is 54.6 Å². The standard InChI is InChI=1S/C17H14F2O3/c18-14-9-13(7-4-8-16(20)21)10-15(19)17(14)22-11-12-5-2-1-3-6-12/h1-6,8-10H,7,11H2,(H,20,21)/b8-4+. The molecule has 0 aliphatic rings. The van der Waals surface area contributed by atoms with Crippen LogP contribution in [0.1, 0.15) is 11.1 Å². The number of halogens is 2. The van der Waals surface area contributed by atoms with Crippen molar-refractivity contribution in [3.8, 4) is 5.75 Å². The number of carbonyl (C=O) groups is 1. The van der Waals surface area contributed by atoms with Gasteiger partial charge in [-0.05, 0) is 29.7 Å². The first-order chi connectivity index (χ1) is 10.6. The Hall–Kier alpha value is -2.69. The van der Waals surface area contributed by atoms with Crippen molar-refractivity contribution in [2.24, 2.45) is 0 Å². The summed E-state index contributed by atoms with van der Waals surface area (Å²) >= 11 is 0. The summed E-state index contributed by atoms with van der Waals surface area (Å²) in [5.74, 6) is -3.16. The van der Waals surface area contributed by atoms with Crippen LogP contribution in [0, 0.1) is 11.6 Å². The zero-order valence-corrected chi connectivity index (χ0v) is 11.6. The van der Waals surface area contributed by atoms with Crippen molar-refractivity contribution in [3.63, 3.8) is 0 Å². The van der Waals surface area contributed by atoms with E-state index in [0.29, 0.717) is 5.56 Å². The van der Waals surface area contributed by atoms with Gasteiger partial charge in [-0.2, -0.15) is 0 Å². The van der Waals surface area contributed by atoms with E-state index in [-0.39, 0.29) is 13.0 Å². The Bertz CT molecular complexity index is 659. The molecule has 0 aliphatic heterocycles. The van der Waals surface area contributed by atoms with E-state index in [1.807, 2.05) is 18.2 Å². The lowest BCUT2D eigenvalue weighted by atomic mass is 10.1. The number of rotatable bonds is 6. The third-order valence-electron chi connectivity index (χ3n) is 2.90. The van der Waals surface area contributed by atoms with Gasteiger partial charge in [-0.15, -0.1) is 0 Å². The first kappa shape index (κ1) is 15.7. The van der Waals surface area contributed by atoms with E-state index in [4.69, 9.17) is 9.84 Å². The van der Waals surface area contributed by atoms with Crippen molar-refractivity contribution in [2.45, 2.75) is 13.0 Å². The Labute approximate surface area is 126 Å². The third kappa shape index (κ3) is 4.41. The lowest BCUT2D eigenvalue weighted by Crippen LogP contribution is -2.01. The molecule has 0 spiro atoms. The summed E-state index contributed by atoms with van der Waals surface area (Å²) in [6, 6.07) is 11.3. The summed E-state index contributed by atoms with van der Waals surface area (Å²) < 4.78 is 33.0. The van der Waals surface area contributed by atoms with E-state index in [1.165, 1.54) is 6.08 Å². The molecule has 0 amide bonds. The van der Waals surface area contributed by atoms with E-state index in [0.717, 1.165) is 23.8 Å². The number of hydrogen-bond acceptors (Lipinski definition) is 2. The maximum atomic E-state index is 13.9. The van der Waals surface area contributed by atoms with Gasteiger partial charge in [0, 0.05) is 6.08 Å². The maximum Gasteiger partial charge on any atom is 0.327 e. The average Bonchev–Trinajstić information content (AvgIpc) is 2.47. The van der Waals surface area contributed by atoms with Gasteiger partial charge in [0.05, 0.1) is 0 Å². The van der Waals surface area contributed by atoms with Crippen LogP contribution in [0.3, 0.4) is 0 Å². The molecule has 5 heteroatoms. The van der Waals surface area contributed by atoms with Crippen LogP contribution in [-0.4, -0.2) is 11.1 Å². The number of aliphatic carboxylic acids is 1. The van der Waals surface area contributed by atoms with Gasteiger partial charge in [0.2, 0.25) is 0 Å². The molecule has 0 aromatic heterocycles. The van der Waals surface area contributed by atoms with Gasteiger partial charge >= 0.3 is 5.97 Å². The third-order valence-corrected chi connectivity index (χ3v) is 2.90. The molecule has 0 aliphatic carbocycles. The molecule has 2 aromatic rings. The largest absolute Gasteiger partial charge is 0.483 e. The molecule has 0 saturated heterocycles. The van der Waals surface area contributed by atoms with E-state index < -0.39 is 23.4 Å².